The number of nitrogens with one attached hydrogen (secondary N) is 1. The van der Waals surface area contributed by atoms with Gasteiger partial charge in [0, 0.05) is 32.9 Å². The van der Waals surface area contributed by atoms with E-state index in [1.54, 1.807) is 38.4 Å². The van der Waals surface area contributed by atoms with E-state index in [1.165, 1.54) is 23.1 Å². The van der Waals surface area contributed by atoms with Gasteiger partial charge in [-0.1, -0.05) is 11.6 Å². The minimum atomic E-state index is -0.283. The zero-order chi connectivity index (χ0) is 21.7. The van der Waals surface area contributed by atoms with E-state index in [0.29, 0.717) is 21.9 Å². The predicted octanol–water partition coefficient (Wildman–Crippen LogP) is 4.32. The Labute approximate surface area is 179 Å². The molecule has 0 aliphatic carbocycles. The van der Waals surface area contributed by atoms with Crippen LogP contribution in [-0.4, -0.2) is 29.7 Å². The highest BCUT2D eigenvalue weighted by Gasteiger charge is 2.22. The van der Waals surface area contributed by atoms with Gasteiger partial charge in [0.05, 0.1) is 11.2 Å². The quantitative estimate of drug-likeness (QED) is 0.616. The summed E-state index contributed by atoms with van der Waals surface area (Å²) in [4.78, 5) is 18.9. The van der Waals surface area contributed by atoms with E-state index in [2.05, 4.69) is 21.3 Å². The lowest BCUT2D eigenvalue weighted by Gasteiger charge is -2.30. The molecule has 156 valence electrons. The van der Waals surface area contributed by atoms with Crippen molar-refractivity contribution < 1.29 is 4.39 Å². The lowest BCUT2D eigenvalue weighted by atomic mass is 10.1. The van der Waals surface area contributed by atoms with Crippen LogP contribution < -0.4 is 15.8 Å². The minimum Gasteiger partial charge on any atom is -0.388 e. The molecule has 1 aromatic carbocycles. The van der Waals surface area contributed by atoms with Crippen molar-refractivity contribution in [1.29, 1.82) is 5.26 Å². The van der Waals surface area contributed by atoms with Crippen LogP contribution in [0.25, 0.3) is 11.0 Å². The summed E-state index contributed by atoms with van der Waals surface area (Å²) in [5.41, 5.74) is 2.76. The predicted molar refractivity (Wildman–Crippen MR) is 119 cm³/mol. The number of aromatic nitrogens is 2. The molecule has 1 N–H and O–H groups in total. The van der Waals surface area contributed by atoms with E-state index in [-0.39, 0.29) is 16.9 Å². The number of nitriles is 1. The fourth-order valence-corrected chi connectivity index (χ4v) is 3.66. The molecule has 2 aromatic heterocycles. The van der Waals surface area contributed by atoms with Crippen molar-refractivity contribution in [3.63, 3.8) is 0 Å². The standard InChI is InChI=1S/C15H15ClN4O.C7H8FN/c1-19-11-5-6-12(16)18-13(11)14(10(9-17)15(19)21)20-7-3-2-4-8-20;1-9-7-4-2-6(8)3-5-7/h5-6H,2-4,7-8H2,1H3;2-5,9H,1H3. The number of hydrogen-bond donors (Lipinski definition) is 1. The smallest absolute Gasteiger partial charge is 0.270 e. The van der Waals surface area contributed by atoms with E-state index in [0.717, 1.165) is 31.6 Å². The molecule has 0 radical (unpaired) electrons. The van der Waals surface area contributed by atoms with Crippen LogP contribution in [-0.2, 0) is 7.05 Å². The van der Waals surface area contributed by atoms with Crippen molar-refractivity contribution in [2.45, 2.75) is 19.3 Å². The first-order chi connectivity index (χ1) is 14.5. The van der Waals surface area contributed by atoms with Crippen molar-refractivity contribution >= 4 is 34.0 Å². The van der Waals surface area contributed by atoms with Gasteiger partial charge in [0.2, 0.25) is 0 Å². The Kier molecular flexibility index (Phi) is 6.91. The lowest BCUT2D eigenvalue weighted by molar-refractivity contribution is 0.578. The number of nitrogens with zero attached hydrogens (tertiary/aromatic N) is 4. The molecule has 0 bridgehead atoms. The molecule has 4 rings (SSSR count). The average molecular weight is 428 g/mol. The monoisotopic (exact) mass is 427 g/mol. The molecule has 1 aliphatic rings. The molecule has 0 saturated carbocycles. The Balaban J connectivity index is 0.000000239. The summed E-state index contributed by atoms with van der Waals surface area (Å²) in [6.45, 7) is 1.68. The number of rotatable bonds is 2. The first kappa shape index (κ1) is 21.6. The maximum absolute atomic E-state index is 12.4. The Bertz CT molecular complexity index is 1130. The molecule has 3 aromatic rings. The topological polar surface area (TPSA) is 74.0 Å². The van der Waals surface area contributed by atoms with Crippen LogP contribution in [0.5, 0.6) is 0 Å². The van der Waals surface area contributed by atoms with Gasteiger partial charge in [-0.05, 0) is 55.7 Å². The molecule has 1 saturated heterocycles. The summed E-state index contributed by atoms with van der Waals surface area (Å²) in [7, 11) is 3.45. The van der Waals surface area contributed by atoms with Crippen LogP contribution >= 0.6 is 11.6 Å². The Morgan fingerprint density at radius 3 is 2.40 bits per heavy atom. The molecule has 1 fully saturated rings. The fraction of sp³-hybridized carbons (Fsp3) is 0.318. The van der Waals surface area contributed by atoms with Gasteiger partial charge in [-0.3, -0.25) is 4.79 Å². The van der Waals surface area contributed by atoms with E-state index >= 15 is 0 Å². The van der Waals surface area contributed by atoms with Crippen LogP contribution in [0.2, 0.25) is 5.15 Å². The highest BCUT2D eigenvalue weighted by Crippen LogP contribution is 2.30. The molecule has 0 unspecified atom stereocenters. The SMILES string of the molecule is CNc1ccc(F)cc1.Cn1c(=O)c(C#N)c(N2CCCCC2)c2nc(Cl)ccc21. The number of benzene rings is 1. The van der Waals surface area contributed by atoms with Crippen molar-refractivity contribution in [2.75, 3.05) is 30.4 Å². The summed E-state index contributed by atoms with van der Waals surface area (Å²) < 4.78 is 13.7. The van der Waals surface area contributed by atoms with Gasteiger partial charge in [0.15, 0.2) is 0 Å². The van der Waals surface area contributed by atoms with E-state index < -0.39 is 0 Å². The number of piperidine rings is 1. The van der Waals surface area contributed by atoms with Crippen LogP contribution in [0.3, 0.4) is 0 Å². The Hall–Kier alpha value is -3.11. The van der Waals surface area contributed by atoms with E-state index in [1.807, 2.05) is 0 Å². The zero-order valence-electron chi connectivity index (χ0n) is 17.0. The third-order valence-electron chi connectivity index (χ3n) is 5.10. The number of pyridine rings is 2. The van der Waals surface area contributed by atoms with Gasteiger partial charge < -0.3 is 14.8 Å². The highest BCUT2D eigenvalue weighted by atomic mass is 35.5. The number of hydrogen-bond acceptors (Lipinski definition) is 5. The molecular formula is C22H23ClFN5O. The summed E-state index contributed by atoms with van der Waals surface area (Å²) in [5, 5.41) is 12.7. The third-order valence-corrected chi connectivity index (χ3v) is 5.31. The third kappa shape index (κ3) is 4.55. The zero-order valence-corrected chi connectivity index (χ0v) is 17.7. The van der Waals surface area contributed by atoms with Crippen molar-refractivity contribution in [2.24, 2.45) is 7.05 Å². The second-order valence-electron chi connectivity index (χ2n) is 7.01. The normalized spacial score (nSPS) is 13.4. The molecule has 0 spiro atoms. The second-order valence-corrected chi connectivity index (χ2v) is 7.39. The largest absolute Gasteiger partial charge is 0.388 e. The van der Waals surface area contributed by atoms with Gasteiger partial charge in [-0.15, -0.1) is 0 Å². The van der Waals surface area contributed by atoms with Crippen LogP contribution in [0.15, 0.2) is 41.2 Å². The first-order valence-electron chi connectivity index (χ1n) is 9.74. The molecule has 8 heteroatoms. The van der Waals surface area contributed by atoms with Crippen LogP contribution in [0.1, 0.15) is 24.8 Å². The Morgan fingerprint density at radius 1 is 1.13 bits per heavy atom. The fourth-order valence-electron chi connectivity index (χ4n) is 3.51. The average Bonchev–Trinajstić information content (AvgIpc) is 2.77. The van der Waals surface area contributed by atoms with Gasteiger partial charge in [-0.2, -0.15) is 5.26 Å². The maximum atomic E-state index is 12.4. The maximum Gasteiger partial charge on any atom is 0.270 e. The number of fused-ring (bicyclic) bond motifs is 1. The van der Waals surface area contributed by atoms with Gasteiger partial charge in [0.1, 0.15) is 28.1 Å². The van der Waals surface area contributed by atoms with Crippen molar-refractivity contribution in [1.82, 2.24) is 9.55 Å². The minimum absolute atomic E-state index is 0.154. The second kappa shape index (κ2) is 9.59. The van der Waals surface area contributed by atoms with Crippen molar-refractivity contribution in [3.05, 3.63) is 63.3 Å². The van der Waals surface area contributed by atoms with Gasteiger partial charge >= 0.3 is 0 Å². The molecule has 6 nitrogen and oxygen atoms in total. The summed E-state index contributed by atoms with van der Waals surface area (Å²) >= 11 is 6.02. The van der Waals surface area contributed by atoms with E-state index in [4.69, 9.17) is 11.6 Å². The first-order valence-corrected chi connectivity index (χ1v) is 10.1. The van der Waals surface area contributed by atoms with Crippen LogP contribution in [0.4, 0.5) is 15.8 Å². The number of aryl methyl sites for hydroxylation is 1. The highest BCUT2D eigenvalue weighted by molar-refractivity contribution is 6.29. The molecule has 1 aliphatic heterocycles. The molecule has 30 heavy (non-hydrogen) atoms. The number of anilines is 2. The summed E-state index contributed by atoms with van der Waals surface area (Å²) in [6.07, 6.45) is 3.29. The lowest BCUT2D eigenvalue weighted by Crippen LogP contribution is -2.33. The number of halogens is 2. The molecule has 3 heterocycles. The molecular weight excluding hydrogens is 405 g/mol. The van der Waals surface area contributed by atoms with Crippen LogP contribution in [0, 0.1) is 17.1 Å². The summed E-state index contributed by atoms with van der Waals surface area (Å²) in [6, 6.07) is 11.7. The van der Waals surface area contributed by atoms with E-state index in [9.17, 15) is 14.4 Å². The van der Waals surface area contributed by atoms with Gasteiger partial charge in [-0.25, -0.2) is 9.37 Å². The Morgan fingerprint density at radius 2 is 1.80 bits per heavy atom. The molecule has 0 amide bonds. The summed E-state index contributed by atoms with van der Waals surface area (Å²) in [5.74, 6) is -0.200. The van der Waals surface area contributed by atoms with Gasteiger partial charge in [0.25, 0.3) is 5.56 Å². The molecule has 0 atom stereocenters. The van der Waals surface area contributed by atoms with Crippen molar-refractivity contribution in [3.8, 4) is 6.07 Å².